The van der Waals surface area contributed by atoms with Crippen LogP contribution in [-0.2, 0) is 0 Å². The molecule has 6 heteroatoms. The zero-order valence-electron chi connectivity index (χ0n) is 10.8. The summed E-state index contributed by atoms with van der Waals surface area (Å²) in [5.74, 6) is -0.853. The average molecular weight is 250 g/mol. The van der Waals surface area contributed by atoms with Gasteiger partial charge in [-0.2, -0.15) is 0 Å². The third kappa shape index (κ3) is 4.77. The van der Waals surface area contributed by atoms with Crippen molar-refractivity contribution < 1.29 is 14.8 Å². The summed E-state index contributed by atoms with van der Waals surface area (Å²) in [5, 5.41) is 23.9. The van der Waals surface area contributed by atoms with Crippen LogP contribution in [-0.4, -0.2) is 28.7 Å². The normalized spacial score (nSPS) is 12.7. The number of nitrogens with one attached hydrogen (secondary N) is 2. The molecule has 1 atom stereocenters. The van der Waals surface area contributed by atoms with Gasteiger partial charge in [0.2, 0.25) is 0 Å². The summed E-state index contributed by atoms with van der Waals surface area (Å²) in [4.78, 5) is 11.7. The number of urea groups is 1. The molecule has 5 nitrogen and oxygen atoms in total. The Balaban J connectivity index is 2.74. The van der Waals surface area contributed by atoms with E-state index in [4.69, 9.17) is 0 Å². The van der Waals surface area contributed by atoms with Gasteiger partial charge in [0.15, 0.2) is 0 Å². The summed E-state index contributed by atoms with van der Waals surface area (Å²) < 4.78 is 0. The second-order valence-corrected chi connectivity index (χ2v) is 5.15. The largest absolute Gasteiger partial charge is 0.480 e. The quantitative estimate of drug-likeness (QED) is 0.600. The van der Waals surface area contributed by atoms with E-state index in [1.54, 1.807) is 24.3 Å². The highest BCUT2D eigenvalue weighted by Gasteiger charge is 2.27. The van der Waals surface area contributed by atoms with E-state index in [0.717, 1.165) is 0 Å². The summed E-state index contributed by atoms with van der Waals surface area (Å²) in [6.07, 6.45) is 0. The van der Waals surface area contributed by atoms with E-state index in [9.17, 15) is 14.8 Å². The zero-order chi connectivity index (χ0) is 13.8. The molecule has 0 radical (unpaired) electrons. The highest BCUT2D eigenvalue weighted by atomic mass is 16.4. The van der Waals surface area contributed by atoms with Crippen molar-refractivity contribution in [3.05, 3.63) is 35.9 Å². The Morgan fingerprint density at radius 2 is 1.78 bits per heavy atom. The van der Waals surface area contributed by atoms with Gasteiger partial charge in [-0.25, -0.2) is 4.79 Å². The minimum atomic E-state index is -1.65. The van der Waals surface area contributed by atoms with E-state index in [2.05, 4.69) is 10.6 Å². The molecule has 18 heavy (non-hydrogen) atoms. The molecule has 0 saturated carbocycles. The molecule has 1 rings (SSSR count). The predicted octanol–water partition coefficient (Wildman–Crippen LogP) is 0.837. The van der Waals surface area contributed by atoms with Crippen LogP contribution in [0.25, 0.3) is 0 Å². The van der Waals surface area contributed by atoms with Gasteiger partial charge in [-0.15, -0.1) is 0 Å². The molecule has 0 saturated heterocycles. The molecule has 0 aliphatic carbocycles. The van der Waals surface area contributed by atoms with Crippen LogP contribution in [0.1, 0.15) is 32.3 Å². The van der Waals surface area contributed by atoms with Gasteiger partial charge in [0, 0.05) is 5.54 Å². The Bertz CT molecular complexity index is 390. The van der Waals surface area contributed by atoms with Crippen molar-refractivity contribution in [2.75, 3.05) is 0 Å². The van der Waals surface area contributed by atoms with Gasteiger partial charge in [0.05, 0.1) is 5.94 Å². The van der Waals surface area contributed by atoms with Crippen molar-refractivity contribution in [1.82, 2.24) is 10.6 Å². The third-order valence-electron chi connectivity index (χ3n) is 2.23. The molecule has 2 amide bonds. The van der Waals surface area contributed by atoms with E-state index >= 15 is 0 Å². The number of amides is 2. The number of hydrogen-bond acceptors (Lipinski definition) is 3. The Hall–Kier alpha value is -1.53. The Labute approximate surface area is 107 Å². The number of carbonyl (C=O) groups is 1. The fourth-order valence-corrected chi connectivity index (χ4v) is 1.51. The first-order valence-corrected chi connectivity index (χ1v) is 5.79. The van der Waals surface area contributed by atoms with Crippen molar-refractivity contribution >= 4 is 13.1 Å². The lowest BCUT2D eigenvalue weighted by Gasteiger charge is -2.24. The summed E-state index contributed by atoms with van der Waals surface area (Å²) >= 11 is 0. The van der Waals surface area contributed by atoms with Crippen molar-refractivity contribution in [1.29, 1.82) is 0 Å². The number of benzene rings is 1. The maximum absolute atomic E-state index is 11.7. The molecule has 1 unspecified atom stereocenters. The molecular weight excluding hydrogens is 231 g/mol. The highest BCUT2D eigenvalue weighted by Crippen LogP contribution is 2.13. The molecule has 0 aromatic heterocycles. The highest BCUT2D eigenvalue weighted by molar-refractivity contribution is 6.43. The molecule has 0 heterocycles. The van der Waals surface area contributed by atoms with Gasteiger partial charge in [-0.05, 0) is 26.3 Å². The molecule has 0 spiro atoms. The number of rotatable bonds is 3. The summed E-state index contributed by atoms with van der Waals surface area (Å²) in [5.41, 5.74) is 0.252. The summed E-state index contributed by atoms with van der Waals surface area (Å²) in [6.45, 7) is 5.54. The first kappa shape index (κ1) is 14.5. The maximum atomic E-state index is 11.7. The molecule has 1 aromatic rings. The predicted molar refractivity (Wildman–Crippen MR) is 70.8 cm³/mol. The van der Waals surface area contributed by atoms with E-state index < -0.39 is 19.1 Å². The second kappa shape index (κ2) is 5.88. The molecule has 4 N–H and O–H groups in total. The minimum absolute atomic E-state index is 0.383. The Morgan fingerprint density at radius 1 is 1.22 bits per heavy atom. The van der Waals surface area contributed by atoms with E-state index in [-0.39, 0.29) is 5.54 Å². The van der Waals surface area contributed by atoms with E-state index in [1.807, 2.05) is 26.8 Å². The molecule has 0 bridgehead atoms. The van der Waals surface area contributed by atoms with Crippen LogP contribution in [0.4, 0.5) is 4.79 Å². The monoisotopic (exact) mass is 250 g/mol. The molecule has 0 aliphatic rings. The lowest BCUT2D eigenvalue weighted by Crippen LogP contribution is -2.50. The topological polar surface area (TPSA) is 81.6 Å². The van der Waals surface area contributed by atoms with Crippen LogP contribution < -0.4 is 10.6 Å². The van der Waals surface area contributed by atoms with Crippen LogP contribution in [0.5, 0.6) is 0 Å². The third-order valence-corrected chi connectivity index (χ3v) is 2.23. The fraction of sp³-hybridized carbons (Fsp3) is 0.417. The van der Waals surface area contributed by atoms with E-state index in [0.29, 0.717) is 5.56 Å². The van der Waals surface area contributed by atoms with Gasteiger partial charge >= 0.3 is 13.1 Å². The van der Waals surface area contributed by atoms with Gasteiger partial charge in [-0.1, -0.05) is 30.3 Å². The summed E-state index contributed by atoms with van der Waals surface area (Å²) in [7, 11) is -1.65. The Kier molecular flexibility index (Phi) is 4.75. The first-order chi connectivity index (χ1) is 8.29. The SMILES string of the molecule is CC(C)(C)NC(=O)NC(B(O)O)c1ccccc1. The fourth-order valence-electron chi connectivity index (χ4n) is 1.51. The molecular formula is C12H19BN2O3. The molecule has 1 aromatic carbocycles. The molecule has 0 fully saturated rings. The van der Waals surface area contributed by atoms with Crippen LogP contribution in [0.3, 0.4) is 0 Å². The Morgan fingerprint density at radius 3 is 2.22 bits per heavy atom. The van der Waals surface area contributed by atoms with Gasteiger partial charge in [0.25, 0.3) is 0 Å². The van der Waals surface area contributed by atoms with Crippen LogP contribution in [0, 0.1) is 0 Å². The zero-order valence-corrected chi connectivity index (χ0v) is 10.8. The summed E-state index contributed by atoms with van der Waals surface area (Å²) in [6, 6.07) is 8.37. The second-order valence-electron chi connectivity index (χ2n) is 5.15. The lowest BCUT2D eigenvalue weighted by molar-refractivity contribution is 0.228. The van der Waals surface area contributed by atoms with Crippen LogP contribution in [0.2, 0.25) is 0 Å². The van der Waals surface area contributed by atoms with E-state index in [1.165, 1.54) is 0 Å². The minimum Gasteiger partial charge on any atom is -0.426 e. The maximum Gasteiger partial charge on any atom is 0.480 e. The number of hydrogen-bond donors (Lipinski definition) is 4. The average Bonchev–Trinajstić information content (AvgIpc) is 2.24. The molecule has 0 aliphatic heterocycles. The standard InChI is InChI=1S/C12H19BN2O3/c1-12(2,3)15-11(16)14-10(13(17)18)9-7-5-4-6-8-9/h4-8,10,17-18H,1-3H3,(H2,14,15,16). The van der Waals surface area contributed by atoms with Crippen LogP contribution in [0.15, 0.2) is 30.3 Å². The van der Waals surface area contributed by atoms with Crippen LogP contribution >= 0.6 is 0 Å². The molecule has 98 valence electrons. The van der Waals surface area contributed by atoms with Gasteiger partial charge < -0.3 is 20.7 Å². The lowest BCUT2D eigenvalue weighted by atomic mass is 9.75. The van der Waals surface area contributed by atoms with Crippen molar-refractivity contribution in [2.45, 2.75) is 32.3 Å². The smallest absolute Gasteiger partial charge is 0.426 e. The van der Waals surface area contributed by atoms with Crippen molar-refractivity contribution in [3.63, 3.8) is 0 Å². The van der Waals surface area contributed by atoms with Gasteiger partial charge in [-0.3, -0.25) is 0 Å². The first-order valence-electron chi connectivity index (χ1n) is 5.79. The number of carbonyl (C=O) groups excluding carboxylic acids is 1. The van der Waals surface area contributed by atoms with Gasteiger partial charge in [0.1, 0.15) is 0 Å². The van der Waals surface area contributed by atoms with Crippen molar-refractivity contribution in [3.8, 4) is 0 Å². The van der Waals surface area contributed by atoms with Crippen molar-refractivity contribution in [2.24, 2.45) is 0 Å².